The van der Waals surface area contributed by atoms with E-state index in [0.717, 1.165) is 49.0 Å². The van der Waals surface area contributed by atoms with Crippen LogP contribution in [0, 0.1) is 0 Å². The highest BCUT2D eigenvalue weighted by atomic mass is 16.2. The van der Waals surface area contributed by atoms with E-state index in [0.29, 0.717) is 12.1 Å². The first-order valence-corrected chi connectivity index (χ1v) is 12.6. The van der Waals surface area contributed by atoms with Crippen LogP contribution in [0.1, 0.15) is 78.7 Å². The fraction of sp³-hybridized carbons (Fsp3) is 0.379. The van der Waals surface area contributed by atoms with Gasteiger partial charge >= 0.3 is 0 Å². The molecule has 2 aliphatic rings. The summed E-state index contributed by atoms with van der Waals surface area (Å²) in [5, 5.41) is 3.32. The van der Waals surface area contributed by atoms with Crippen LogP contribution in [0.2, 0.25) is 0 Å². The molecule has 5 nitrogen and oxygen atoms in total. The number of rotatable bonds is 5. The highest BCUT2D eigenvalue weighted by molar-refractivity contribution is 6.01. The van der Waals surface area contributed by atoms with Gasteiger partial charge < -0.3 is 14.8 Å². The number of amides is 2. The number of fused-ring (bicyclic) bond motifs is 3. The van der Waals surface area contributed by atoms with Gasteiger partial charge in [-0.15, -0.1) is 0 Å². The van der Waals surface area contributed by atoms with Crippen LogP contribution >= 0.6 is 0 Å². The molecule has 34 heavy (non-hydrogen) atoms. The Hall–Kier alpha value is -3.34. The Bertz CT molecular complexity index is 1160. The fourth-order valence-corrected chi connectivity index (χ4v) is 5.35. The maximum atomic E-state index is 13.9. The third-order valence-corrected chi connectivity index (χ3v) is 7.26. The van der Waals surface area contributed by atoms with Crippen molar-refractivity contribution in [3.63, 3.8) is 0 Å². The predicted molar refractivity (Wildman–Crippen MR) is 134 cm³/mol. The summed E-state index contributed by atoms with van der Waals surface area (Å²) in [6.45, 7) is 2.51. The monoisotopic (exact) mass is 455 g/mol. The highest BCUT2D eigenvalue weighted by Gasteiger charge is 2.38. The molecule has 176 valence electrons. The Labute approximate surface area is 201 Å². The summed E-state index contributed by atoms with van der Waals surface area (Å²) in [4.78, 5) is 29.6. The summed E-state index contributed by atoms with van der Waals surface area (Å²) >= 11 is 0. The number of benzene rings is 2. The normalized spacial score (nSPS) is 18.6. The lowest BCUT2D eigenvalue weighted by molar-refractivity contribution is -0.127. The minimum Gasteiger partial charge on any atom is -0.351 e. The van der Waals surface area contributed by atoms with Crippen molar-refractivity contribution >= 4 is 11.8 Å². The summed E-state index contributed by atoms with van der Waals surface area (Å²) in [5.74, 6) is -0.196. The molecule has 5 heteroatoms. The van der Waals surface area contributed by atoms with E-state index in [2.05, 4.69) is 36.5 Å². The van der Waals surface area contributed by atoms with Crippen LogP contribution in [0.3, 0.4) is 0 Å². The number of para-hydroxylation sites is 1. The summed E-state index contributed by atoms with van der Waals surface area (Å²) in [7, 11) is 0. The molecule has 1 atom stereocenters. The van der Waals surface area contributed by atoms with Crippen LogP contribution in [0.15, 0.2) is 66.9 Å². The fourth-order valence-electron chi connectivity index (χ4n) is 5.35. The molecule has 0 spiro atoms. The number of hydrogen-bond donors (Lipinski definition) is 1. The van der Waals surface area contributed by atoms with E-state index in [1.54, 1.807) is 4.90 Å². The first-order chi connectivity index (χ1) is 16.7. The zero-order chi connectivity index (χ0) is 23.5. The van der Waals surface area contributed by atoms with Crippen LogP contribution in [-0.2, 0) is 17.8 Å². The Morgan fingerprint density at radius 1 is 0.912 bits per heavy atom. The average molecular weight is 456 g/mol. The van der Waals surface area contributed by atoms with E-state index in [1.807, 2.05) is 47.2 Å². The van der Waals surface area contributed by atoms with Crippen molar-refractivity contribution in [1.82, 2.24) is 14.8 Å². The quantitative estimate of drug-likeness (QED) is 0.511. The molecule has 1 aliphatic heterocycles. The number of nitrogens with one attached hydrogen (secondary N) is 1. The lowest BCUT2D eigenvalue weighted by Gasteiger charge is -2.31. The van der Waals surface area contributed by atoms with Crippen molar-refractivity contribution in [3.8, 4) is 5.69 Å². The van der Waals surface area contributed by atoms with E-state index in [-0.39, 0.29) is 17.9 Å². The molecule has 1 aromatic heterocycles. The smallest absolute Gasteiger partial charge is 0.257 e. The molecule has 0 saturated heterocycles. The zero-order valence-electron chi connectivity index (χ0n) is 19.9. The molecular formula is C29H33N3O2. The number of aryl methyl sites for hydroxylation is 1. The van der Waals surface area contributed by atoms with Gasteiger partial charge in [-0.1, -0.05) is 69.0 Å². The van der Waals surface area contributed by atoms with Gasteiger partial charge in [-0.25, -0.2) is 0 Å². The number of carbonyl (C=O) groups is 2. The highest BCUT2D eigenvalue weighted by Crippen LogP contribution is 2.34. The van der Waals surface area contributed by atoms with Gasteiger partial charge in [-0.3, -0.25) is 9.59 Å². The minimum absolute atomic E-state index is 0.0850. The second-order valence-corrected chi connectivity index (χ2v) is 9.52. The summed E-state index contributed by atoms with van der Waals surface area (Å²) in [6.07, 6.45) is 9.67. The predicted octanol–water partition coefficient (Wildman–Crippen LogP) is 5.58. The first-order valence-electron chi connectivity index (χ1n) is 12.6. The Balaban J connectivity index is 1.54. The Morgan fingerprint density at radius 3 is 2.35 bits per heavy atom. The molecule has 0 radical (unpaired) electrons. The van der Waals surface area contributed by atoms with E-state index < -0.39 is 6.04 Å². The van der Waals surface area contributed by atoms with Gasteiger partial charge in [0.25, 0.3) is 5.91 Å². The molecule has 1 unspecified atom stereocenters. The third-order valence-electron chi connectivity index (χ3n) is 7.26. The SMILES string of the molecule is CCc1ccc(CN2C(=O)c3ccccc3-n3cccc3C2C(=O)NC2CCCCCC2)cc1. The van der Waals surface area contributed by atoms with Crippen molar-refractivity contribution in [3.05, 3.63) is 89.2 Å². The standard InChI is InChI=1S/C29H33N3O2/c1-2-21-15-17-22(18-16-21)20-32-27(28(33)30-23-10-5-3-4-6-11-23)26-14-9-19-31(26)25-13-8-7-12-24(25)29(32)34/h7-9,12-19,23,27H,2-6,10-11,20H2,1H3,(H,30,33). The van der Waals surface area contributed by atoms with E-state index >= 15 is 0 Å². The van der Waals surface area contributed by atoms with Crippen LogP contribution in [0.5, 0.6) is 0 Å². The van der Waals surface area contributed by atoms with Gasteiger partial charge in [0, 0.05) is 18.8 Å². The number of carbonyl (C=O) groups excluding carboxylic acids is 2. The van der Waals surface area contributed by atoms with Crippen LogP contribution in [0.4, 0.5) is 0 Å². The van der Waals surface area contributed by atoms with Gasteiger partial charge in [-0.2, -0.15) is 0 Å². The molecule has 2 amide bonds. The maximum Gasteiger partial charge on any atom is 0.257 e. The van der Waals surface area contributed by atoms with Gasteiger partial charge in [0.15, 0.2) is 6.04 Å². The van der Waals surface area contributed by atoms with Crippen molar-refractivity contribution in [2.45, 2.75) is 70.5 Å². The van der Waals surface area contributed by atoms with Crippen LogP contribution in [0.25, 0.3) is 5.69 Å². The molecule has 0 bridgehead atoms. The topological polar surface area (TPSA) is 54.3 Å². The molecule has 1 aliphatic carbocycles. The van der Waals surface area contributed by atoms with Gasteiger partial charge in [0.05, 0.1) is 16.9 Å². The van der Waals surface area contributed by atoms with E-state index in [4.69, 9.17) is 0 Å². The summed E-state index contributed by atoms with van der Waals surface area (Å²) in [6, 6.07) is 19.4. The largest absolute Gasteiger partial charge is 0.351 e. The van der Waals surface area contributed by atoms with Gasteiger partial charge in [-0.05, 0) is 54.7 Å². The second-order valence-electron chi connectivity index (χ2n) is 9.52. The number of hydrogen-bond acceptors (Lipinski definition) is 2. The average Bonchev–Trinajstić information content (AvgIpc) is 3.15. The molecule has 2 heterocycles. The molecule has 1 N–H and O–H groups in total. The Morgan fingerprint density at radius 2 is 1.62 bits per heavy atom. The Kier molecular flexibility index (Phi) is 6.52. The maximum absolute atomic E-state index is 13.9. The molecule has 2 aromatic carbocycles. The minimum atomic E-state index is -0.691. The van der Waals surface area contributed by atoms with Crippen molar-refractivity contribution in [1.29, 1.82) is 0 Å². The second kappa shape index (κ2) is 9.88. The lowest BCUT2D eigenvalue weighted by Crippen LogP contribution is -2.46. The zero-order valence-corrected chi connectivity index (χ0v) is 19.9. The third kappa shape index (κ3) is 4.39. The van der Waals surface area contributed by atoms with Crippen LogP contribution in [-0.4, -0.2) is 27.3 Å². The summed E-state index contributed by atoms with van der Waals surface area (Å²) < 4.78 is 2.00. The van der Waals surface area contributed by atoms with Crippen LogP contribution < -0.4 is 5.32 Å². The summed E-state index contributed by atoms with van der Waals surface area (Å²) in [5.41, 5.74) is 4.55. The molecule has 3 aromatic rings. The molecule has 1 fully saturated rings. The number of nitrogens with zero attached hydrogens (tertiary/aromatic N) is 2. The van der Waals surface area contributed by atoms with Gasteiger partial charge in [0.1, 0.15) is 0 Å². The molecule has 1 saturated carbocycles. The van der Waals surface area contributed by atoms with Gasteiger partial charge in [0.2, 0.25) is 5.91 Å². The van der Waals surface area contributed by atoms with Crippen molar-refractivity contribution in [2.24, 2.45) is 0 Å². The lowest BCUT2D eigenvalue weighted by atomic mass is 10.0. The molecule has 5 rings (SSSR count). The van der Waals surface area contributed by atoms with E-state index in [9.17, 15) is 9.59 Å². The van der Waals surface area contributed by atoms with E-state index in [1.165, 1.54) is 18.4 Å². The first kappa shape index (κ1) is 22.5. The van der Waals surface area contributed by atoms with Crippen molar-refractivity contribution in [2.75, 3.05) is 0 Å². The van der Waals surface area contributed by atoms with Crippen molar-refractivity contribution < 1.29 is 9.59 Å². The number of aromatic nitrogens is 1. The molecular weight excluding hydrogens is 422 g/mol.